The van der Waals surface area contributed by atoms with Crippen molar-refractivity contribution in [3.8, 4) is 0 Å². The standard InChI is InChI=1S/C21H30F2N6.HI/c1-2-24-21(26-13-11-16-15-17(22)9-10-18(16)23)25-12-6-8-20-28-27-19-7-4-3-5-14-29(19)20;/h9-10,15H,2-8,11-14H2,1H3,(H2,24,25,26);1H. The maximum Gasteiger partial charge on any atom is 0.191 e. The van der Waals surface area contributed by atoms with Crippen molar-refractivity contribution in [1.29, 1.82) is 0 Å². The first kappa shape index (κ1) is 24.5. The summed E-state index contributed by atoms with van der Waals surface area (Å²) in [5.74, 6) is 2.04. The number of hydrogen-bond acceptors (Lipinski definition) is 3. The molecule has 0 spiro atoms. The van der Waals surface area contributed by atoms with Crippen LogP contribution in [0.2, 0.25) is 0 Å². The molecule has 0 unspecified atom stereocenters. The van der Waals surface area contributed by atoms with Gasteiger partial charge in [-0.2, -0.15) is 0 Å². The molecule has 2 aromatic rings. The number of fused-ring (bicyclic) bond motifs is 1. The Morgan fingerprint density at radius 3 is 2.83 bits per heavy atom. The van der Waals surface area contributed by atoms with E-state index in [0.29, 0.717) is 31.0 Å². The predicted octanol–water partition coefficient (Wildman–Crippen LogP) is 3.63. The molecule has 6 nitrogen and oxygen atoms in total. The molecule has 166 valence electrons. The van der Waals surface area contributed by atoms with Crippen molar-refractivity contribution in [2.45, 2.75) is 58.4 Å². The van der Waals surface area contributed by atoms with E-state index in [1.165, 1.54) is 25.3 Å². The molecule has 0 bridgehead atoms. The van der Waals surface area contributed by atoms with Crippen molar-refractivity contribution in [2.24, 2.45) is 4.99 Å². The molecule has 0 atom stereocenters. The average molecular weight is 532 g/mol. The van der Waals surface area contributed by atoms with Gasteiger partial charge in [0, 0.05) is 39.0 Å². The minimum Gasteiger partial charge on any atom is -0.357 e. The van der Waals surface area contributed by atoms with Crippen LogP contribution in [0.1, 0.15) is 49.8 Å². The third-order valence-corrected chi connectivity index (χ3v) is 5.05. The lowest BCUT2D eigenvalue weighted by Gasteiger charge is -2.12. The summed E-state index contributed by atoms with van der Waals surface area (Å²) in [4.78, 5) is 4.58. The number of aromatic nitrogens is 3. The Morgan fingerprint density at radius 1 is 1.13 bits per heavy atom. The Balaban J connectivity index is 0.00000320. The zero-order valence-corrected chi connectivity index (χ0v) is 19.8. The average Bonchev–Trinajstić information content (AvgIpc) is 2.93. The molecule has 0 aliphatic carbocycles. The minimum absolute atomic E-state index is 0. The van der Waals surface area contributed by atoms with Crippen LogP contribution in [-0.4, -0.2) is 40.4 Å². The third kappa shape index (κ3) is 7.17. The molecule has 1 aromatic heterocycles. The van der Waals surface area contributed by atoms with Gasteiger partial charge in [0.25, 0.3) is 0 Å². The van der Waals surface area contributed by atoms with Gasteiger partial charge >= 0.3 is 0 Å². The first-order valence-electron chi connectivity index (χ1n) is 10.5. The second kappa shape index (κ2) is 12.8. The van der Waals surface area contributed by atoms with E-state index in [9.17, 15) is 8.78 Å². The fourth-order valence-electron chi connectivity index (χ4n) is 3.55. The first-order chi connectivity index (χ1) is 14.2. The summed E-state index contributed by atoms with van der Waals surface area (Å²) in [7, 11) is 0. The Hall–Kier alpha value is -1.78. The van der Waals surface area contributed by atoms with E-state index < -0.39 is 5.82 Å². The van der Waals surface area contributed by atoms with E-state index >= 15 is 0 Å². The Bertz CT molecular complexity index is 824. The molecule has 2 heterocycles. The van der Waals surface area contributed by atoms with E-state index in [4.69, 9.17) is 0 Å². The van der Waals surface area contributed by atoms with Crippen LogP contribution < -0.4 is 10.6 Å². The highest BCUT2D eigenvalue weighted by molar-refractivity contribution is 14.0. The smallest absolute Gasteiger partial charge is 0.191 e. The van der Waals surface area contributed by atoms with Crippen LogP contribution in [-0.2, 0) is 25.8 Å². The van der Waals surface area contributed by atoms with Crippen molar-refractivity contribution >= 4 is 29.9 Å². The number of nitrogens with one attached hydrogen (secondary N) is 2. The van der Waals surface area contributed by atoms with E-state index in [1.807, 2.05) is 6.92 Å². The molecule has 1 aliphatic rings. The van der Waals surface area contributed by atoms with Crippen LogP contribution in [0.25, 0.3) is 0 Å². The van der Waals surface area contributed by atoms with Crippen LogP contribution >= 0.6 is 24.0 Å². The molecule has 1 aromatic carbocycles. The normalized spacial score (nSPS) is 13.9. The summed E-state index contributed by atoms with van der Waals surface area (Å²) in [5.41, 5.74) is 0.362. The van der Waals surface area contributed by atoms with Gasteiger partial charge in [-0.05, 0) is 56.4 Å². The second-order valence-electron chi connectivity index (χ2n) is 7.27. The van der Waals surface area contributed by atoms with Crippen molar-refractivity contribution in [2.75, 3.05) is 19.6 Å². The van der Waals surface area contributed by atoms with Gasteiger partial charge in [0.2, 0.25) is 0 Å². The molecule has 3 rings (SSSR count). The van der Waals surface area contributed by atoms with Gasteiger partial charge in [-0.1, -0.05) is 6.42 Å². The number of rotatable bonds is 8. The number of benzene rings is 1. The van der Waals surface area contributed by atoms with Crippen LogP contribution in [0.5, 0.6) is 0 Å². The van der Waals surface area contributed by atoms with Crippen molar-refractivity contribution < 1.29 is 8.78 Å². The molecular formula is C21H31F2IN6. The molecule has 0 fully saturated rings. The van der Waals surface area contributed by atoms with Crippen LogP contribution in [0.15, 0.2) is 23.2 Å². The van der Waals surface area contributed by atoms with Crippen LogP contribution in [0.3, 0.4) is 0 Å². The Kier molecular flexibility index (Phi) is 10.5. The number of aliphatic imine (C=N–C) groups is 1. The van der Waals surface area contributed by atoms with Crippen molar-refractivity contribution in [3.05, 3.63) is 47.0 Å². The predicted molar refractivity (Wildman–Crippen MR) is 125 cm³/mol. The molecule has 9 heteroatoms. The van der Waals surface area contributed by atoms with Gasteiger partial charge < -0.3 is 15.2 Å². The van der Waals surface area contributed by atoms with Gasteiger partial charge in [-0.25, -0.2) is 8.78 Å². The summed E-state index contributed by atoms with van der Waals surface area (Å²) in [6, 6.07) is 3.53. The first-order valence-corrected chi connectivity index (χ1v) is 10.5. The van der Waals surface area contributed by atoms with Crippen LogP contribution in [0.4, 0.5) is 8.78 Å². The lowest BCUT2D eigenvalue weighted by molar-refractivity contribution is 0.583. The maximum absolute atomic E-state index is 13.7. The highest BCUT2D eigenvalue weighted by Crippen LogP contribution is 2.15. The van der Waals surface area contributed by atoms with Gasteiger partial charge in [0.05, 0.1) is 0 Å². The van der Waals surface area contributed by atoms with Gasteiger partial charge in [-0.3, -0.25) is 4.99 Å². The summed E-state index contributed by atoms with van der Waals surface area (Å²) >= 11 is 0. The zero-order valence-electron chi connectivity index (χ0n) is 17.5. The molecule has 0 amide bonds. The lowest BCUT2D eigenvalue weighted by atomic mass is 10.1. The second-order valence-corrected chi connectivity index (χ2v) is 7.27. The van der Waals surface area contributed by atoms with E-state index in [1.54, 1.807) is 0 Å². The van der Waals surface area contributed by atoms with E-state index in [-0.39, 0.29) is 29.8 Å². The number of nitrogens with zero attached hydrogens (tertiary/aromatic N) is 4. The topological polar surface area (TPSA) is 67.1 Å². The quantitative estimate of drug-likeness (QED) is 0.236. The molecule has 2 N–H and O–H groups in total. The van der Waals surface area contributed by atoms with Crippen molar-refractivity contribution in [1.82, 2.24) is 25.4 Å². The van der Waals surface area contributed by atoms with E-state index in [0.717, 1.165) is 56.1 Å². The van der Waals surface area contributed by atoms with Crippen LogP contribution in [0, 0.1) is 11.6 Å². The lowest BCUT2D eigenvalue weighted by Crippen LogP contribution is -2.38. The summed E-state index contributed by atoms with van der Waals surface area (Å²) < 4.78 is 29.3. The number of halogens is 3. The summed E-state index contributed by atoms with van der Waals surface area (Å²) in [6.07, 6.45) is 6.78. The highest BCUT2D eigenvalue weighted by atomic mass is 127. The molecule has 0 saturated heterocycles. The SMILES string of the molecule is CCNC(=NCCCc1nnc2n1CCCCC2)NCCc1cc(F)ccc1F.I. The summed E-state index contributed by atoms with van der Waals surface area (Å²) in [6.45, 7) is 4.88. The fourth-order valence-corrected chi connectivity index (χ4v) is 3.55. The zero-order chi connectivity index (χ0) is 20.5. The highest BCUT2D eigenvalue weighted by Gasteiger charge is 2.14. The Labute approximate surface area is 194 Å². The largest absolute Gasteiger partial charge is 0.357 e. The Morgan fingerprint density at radius 2 is 2.00 bits per heavy atom. The maximum atomic E-state index is 13.7. The third-order valence-electron chi connectivity index (χ3n) is 5.05. The number of guanidine groups is 1. The molecule has 0 saturated carbocycles. The molecule has 30 heavy (non-hydrogen) atoms. The number of hydrogen-bond donors (Lipinski definition) is 2. The van der Waals surface area contributed by atoms with E-state index in [2.05, 4.69) is 30.4 Å². The van der Waals surface area contributed by atoms with Gasteiger partial charge in [-0.15, -0.1) is 34.2 Å². The minimum atomic E-state index is -0.423. The fraction of sp³-hybridized carbons (Fsp3) is 0.571. The monoisotopic (exact) mass is 532 g/mol. The number of aryl methyl sites for hydroxylation is 2. The van der Waals surface area contributed by atoms with Gasteiger partial charge in [0.15, 0.2) is 5.96 Å². The molecule has 0 radical (unpaired) electrons. The molecular weight excluding hydrogens is 501 g/mol. The summed E-state index contributed by atoms with van der Waals surface area (Å²) in [5, 5.41) is 15.1. The van der Waals surface area contributed by atoms with Crippen molar-refractivity contribution in [3.63, 3.8) is 0 Å². The molecule has 1 aliphatic heterocycles. The van der Waals surface area contributed by atoms with Gasteiger partial charge in [0.1, 0.15) is 23.3 Å².